The topological polar surface area (TPSA) is 46.5 Å². The molecule has 1 aromatic carbocycles. The van der Waals surface area contributed by atoms with E-state index in [0.717, 1.165) is 15.8 Å². The molecule has 1 N–H and O–H groups in total. The number of carbonyl (C=O) groups is 1. The number of hydrogen-bond acceptors (Lipinski definition) is 3. The Kier molecular flexibility index (Phi) is 5.06. The molecule has 0 atom stereocenters. The zero-order valence-electron chi connectivity index (χ0n) is 10.2. The van der Waals surface area contributed by atoms with Crippen LogP contribution in [0.1, 0.15) is 9.75 Å². The van der Waals surface area contributed by atoms with Crippen molar-refractivity contribution >= 4 is 46.6 Å². The van der Waals surface area contributed by atoms with Crippen LogP contribution in [0, 0.1) is 0 Å². The first-order chi connectivity index (χ1) is 9.54. The lowest BCUT2D eigenvalue weighted by Crippen LogP contribution is -1.93. The maximum absolute atomic E-state index is 10.4. The molecule has 0 saturated heterocycles. The van der Waals surface area contributed by atoms with E-state index in [2.05, 4.69) is 0 Å². The summed E-state index contributed by atoms with van der Waals surface area (Å²) in [5.74, 6) is -0.406. The van der Waals surface area contributed by atoms with E-state index in [0.29, 0.717) is 22.4 Å². The van der Waals surface area contributed by atoms with Crippen molar-refractivity contribution < 1.29 is 14.6 Å². The van der Waals surface area contributed by atoms with E-state index >= 15 is 0 Å². The Balaban J connectivity index is 1.99. The average molecular weight is 329 g/mol. The van der Waals surface area contributed by atoms with Gasteiger partial charge in [-0.1, -0.05) is 23.2 Å². The number of thiophene rings is 1. The van der Waals surface area contributed by atoms with Crippen molar-refractivity contribution in [2.45, 2.75) is 6.61 Å². The lowest BCUT2D eigenvalue weighted by atomic mass is 10.3. The summed E-state index contributed by atoms with van der Waals surface area (Å²) in [7, 11) is 0. The molecule has 0 aliphatic carbocycles. The van der Waals surface area contributed by atoms with Crippen molar-refractivity contribution in [1.29, 1.82) is 0 Å². The standard InChI is InChI=1S/C14H10Cl2O3S/c15-9-1-5-13(12(16)7-9)19-8-11-3-2-10(20-11)4-6-14(17)18/h1-7H,8H2,(H,17,18). The van der Waals surface area contributed by atoms with Gasteiger partial charge in [-0.3, -0.25) is 0 Å². The monoisotopic (exact) mass is 328 g/mol. The molecular weight excluding hydrogens is 319 g/mol. The Morgan fingerprint density at radius 1 is 1.30 bits per heavy atom. The van der Waals surface area contributed by atoms with Gasteiger partial charge in [0.15, 0.2) is 0 Å². The maximum atomic E-state index is 10.4. The van der Waals surface area contributed by atoms with Crippen molar-refractivity contribution in [2.24, 2.45) is 0 Å². The number of rotatable bonds is 5. The second-order valence-corrected chi connectivity index (χ2v) is 5.88. The molecule has 0 radical (unpaired) electrons. The van der Waals surface area contributed by atoms with Gasteiger partial charge in [0.25, 0.3) is 0 Å². The molecule has 20 heavy (non-hydrogen) atoms. The third kappa shape index (κ3) is 4.27. The van der Waals surface area contributed by atoms with E-state index in [1.165, 1.54) is 11.3 Å². The van der Waals surface area contributed by atoms with Crippen molar-refractivity contribution in [3.05, 3.63) is 56.2 Å². The zero-order chi connectivity index (χ0) is 14.5. The number of hydrogen-bond donors (Lipinski definition) is 1. The van der Waals surface area contributed by atoms with Crippen molar-refractivity contribution in [2.75, 3.05) is 0 Å². The van der Waals surface area contributed by atoms with Crippen LogP contribution in [0.3, 0.4) is 0 Å². The van der Waals surface area contributed by atoms with Gasteiger partial charge in [-0.2, -0.15) is 0 Å². The van der Waals surface area contributed by atoms with E-state index in [1.54, 1.807) is 24.3 Å². The second kappa shape index (κ2) is 6.79. The molecule has 0 amide bonds. The fraction of sp³-hybridized carbons (Fsp3) is 0.0714. The van der Waals surface area contributed by atoms with Gasteiger partial charge < -0.3 is 9.84 Å². The van der Waals surface area contributed by atoms with Gasteiger partial charge in [-0.05, 0) is 36.4 Å². The van der Waals surface area contributed by atoms with Gasteiger partial charge in [-0.15, -0.1) is 11.3 Å². The molecular formula is C14H10Cl2O3S. The summed E-state index contributed by atoms with van der Waals surface area (Å²) < 4.78 is 5.60. The van der Waals surface area contributed by atoms with E-state index in [4.69, 9.17) is 33.0 Å². The Hall–Kier alpha value is -1.49. The highest BCUT2D eigenvalue weighted by Crippen LogP contribution is 2.29. The number of aliphatic carboxylic acids is 1. The van der Waals surface area contributed by atoms with Gasteiger partial charge in [-0.25, -0.2) is 4.79 Å². The molecule has 0 fully saturated rings. The molecule has 1 heterocycles. The molecule has 2 aromatic rings. The van der Waals surface area contributed by atoms with E-state index in [-0.39, 0.29) is 0 Å². The third-order valence-corrected chi connectivity index (χ3v) is 3.89. The zero-order valence-corrected chi connectivity index (χ0v) is 12.5. The average Bonchev–Trinajstić information content (AvgIpc) is 2.83. The largest absolute Gasteiger partial charge is 0.487 e. The van der Waals surface area contributed by atoms with Crippen molar-refractivity contribution in [3.8, 4) is 5.75 Å². The highest BCUT2D eigenvalue weighted by Gasteiger charge is 2.04. The minimum atomic E-state index is -0.968. The number of carboxylic acids is 1. The Bertz CT molecular complexity index is 650. The van der Waals surface area contributed by atoms with Gasteiger partial charge in [0.05, 0.1) is 5.02 Å². The van der Waals surface area contributed by atoms with Crippen LogP contribution in [-0.4, -0.2) is 11.1 Å². The molecule has 104 valence electrons. The fourth-order valence-electron chi connectivity index (χ4n) is 1.46. The molecule has 0 saturated carbocycles. The molecule has 0 spiro atoms. The van der Waals surface area contributed by atoms with E-state index in [1.807, 2.05) is 12.1 Å². The van der Waals surface area contributed by atoms with Crippen molar-refractivity contribution in [1.82, 2.24) is 0 Å². The van der Waals surface area contributed by atoms with Crippen molar-refractivity contribution in [3.63, 3.8) is 0 Å². The SMILES string of the molecule is O=C(O)C=Cc1ccc(COc2ccc(Cl)cc2Cl)s1. The van der Waals surface area contributed by atoms with E-state index in [9.17, 15) is 4.79 Å². The quantitative estimate of drug-likeness (QED) is 0.807. The van der Waals surface area contributed by atoms with Crippen LogP contribution in [0.5, 0.6) is 5.75 Å². The van der Waals surface area contributed by atoms with Gasteiger partial charge in [0.1, 0.15) is 12.4 Å². The molecule has 0 aliphatic rings. The second-order valence-electron chi connectivity index (χ2n) is 3.84. The fourth-order valence-corrected chi connectivity index (χ4v) is 2.75. The van der Waals surface area contributed by atoms with Crippen LogP contribution >= 0.6 is 34.5 Å². The number of benzene rings is 1. The molecule has 0 bridgehead atoms. The Morgan fingerprint density at radius 2 is 2.10 bits per heavy atom. The predicted molar refractivity (Wildman–Crippen MR) is 81.8 cm³/mol. The van der Waals surface area contributed by atoms with E-state index < -0.39 is 5.97 Å². The maximum Gasteiger partial charge on any atom is 0.328 e. The summed E-state index contributed by atoms with van der Waals surface area (Å²) in [6.45, 7) is 0.368. The number of ether oxygens (including phenoxy) is 1. The summed E-state index contributed by atoms with van der Waals surface area (Å²) in [5, 5.41) is 9.57. The first kappa shape index (κ1) is 14.9. The van der Waals surface area contributed by atoms with Crippen LogP contribution in [0.4, 0.5) is 0 Å². The minimum Gasteiger partial charge on any atom is -0.487 e. The van der Waals surface area contributed by atoms with Gasteiger partial charge in [0.2, 0.25) is 0 Å². The Labute approximate surface area is 130 Å². The van der Waals surface area contributed by atoms with Crippen LogP contribution in [-0.2, 0) is 11.4 Å². The molecule has 0 aliphatic heterocycles. The van der Waals surface area contributed by atoms with Gasteiger partial charge in [0, 0.05) is 20.9 Å². The first-order valence-electron chi connectivity index (χ1n) is 5.62. The van der Waals surface area contributed by atoms with Gasteiger partial charge >= 0.3 is 5.97 Å². The predicted octanol–water partition coefficient (Wildman–Crippen LogP) is 4.73. The summed E-state index contributed by atoms with van der Waals surface area (Å²) in [6.07, 6.45) is 2.65. The summed E-state index contributed by atoms with van der Waals surface area (Å²) in [4.78, 5) is 12.3. The third-order valence-electron chi connectivity index (χ3n) is 2.34. The highest BCUT2D eigenvalue weighted by molar-refractivity contribution is 7.12. The highest BCUT2D eigenvalue weighted by atomic mass is 35.5. The smallest absolute Gasteiger partial charge is 0.328 e. The van der Waals surface area contributed by atoms with Crippen LogP contribution in [0.2, 0.25) is 10.0 Å². The molecule has 0 unspecified atom stereocenters. The Morgan fingerprint density at radius 3 is 2.80 bits per heavy atom. The summed E-state index contributed by atoms with van der Waals surface area (Å²) >= 11 is 13.3. The number of carboxylic acid groups (broad SMARTS) is 1. The van der Waals surface area contributed by atoms with Crippen LogP contribution < -0.4 is 4.74 Å². The lowest BCUT2D eigenvalue weighted by Gasteiger charge is -2.06. The molecule has 3 nitrogen and oxygen atoms in total. The summed E-state index contributed by atoms with van der Waals surface area (Å²) in [6, 6.07) is 8.76. The normalized spacial score (nSPS) is 10.9. The number of halogens is 2. The first-order valence-corrected chi connectivity index (χ1v) is 7.19. The molecule has 1 aromatic heterocycles. The summed E-state index contributed by atoms with van der Waals surface area (Å²) in [5.41, 5.74) is 0. The minimum absolute atomic E-state index is 0.368. The van der Waals surface area contributed by atoms with Crippen LogP contribution in [0.25, 0.3) is 6.08 Å². The molecule has 2 rings (SSSR count). The lowest BCUT2D eigenvalue weighted by molar-refractivity contribution is -0.131. The molecule has 6 heteroatoms. The van der Waals surface area contributed by atoms with Crippen LogP contribution in [0.15, 0.2) is 36.4 Å².